The van der Waals surface area contributed by atoms with Gasteiger partial charge in [0.1, 0.15) is 11.9 Å². The number of aliphatic hydroxyl groups excluding tert-OH is 1. The Bertz CT molecular complexity index is 1040. The molecule has 1 unspecified atom stereocenters. The van der Waals surface area contributed by atoms with E-state index in [-0.39, 0.29) is 5.91 Å². The van der Waals surface area contributed by atoms with E-state index in [1.807, 2.05) is 72.8 Å². The standard InChI is InChI=1S/C29H36N2O4S/c1-34-24-13-9-12-23(18-24)20-30-21-27(32)26(19-22-10-5-3-6-11-22)31-29(33)28(35-2)16-17-36-25-14-7-4-8-15-25/h3-15,18,26-28,30,32H,16-17,19-21H2,1-2H3,(H,31,33)/t26-,27-,28?/m0/s1. The minimum Gasteiger partial charge on any atom is -0.497 e. The Morgan fingerprint density at radius 2 is 1.64 bits per heavy atom. The quantitative estimate of drug-likeness (QED) is 0.269. The van der Waals surface area contributed by atoms with Crippen LogP contribution in [0.3, 0.4) is 0 Å². The van der Waals surface area contributed by atoms with Crippen LogP contribution in [0.1, 0.15) is 17.5 Å². The molecule has 0 aromatic heterocycles. The van der Waals surface area contributed by atoms with Gasteiger partial charge in [0.05, 0.1) is 19.3 Å². The number of carbonyl (C=O) groups is 1. The van der Waals surface area contributed by atoms with Gasteiger partial charge in [-0.25, -0.2) is 0 Å². The number of methoxy groups -OCH3 is 2. The number of benzene rings is 3. The molecule has 3 atom stereocenters. The Balaban J connectivity index is 1.57. The van der Waals surface area contributed by atoms with Crippen LogP contribution in [0.4, 0.5) is 0 Å². The highest BCUT2D eigenvalue weighted by Crippen LogP contribution is 2.19. The third kappa shape index (κ3) is 9.32. The molecule has 6 nitrogen and oxygen atoms in total. The summed E-state index contributed by atoms with van der Waals surface area (Å²) < 4.78 is 10.8. The summed E-state index contributed by atoms with van der Waals surface area (Å²) in [6.45, 7) is 0.911. The van der Waals surface area contributed by atoms with E-state index in [9.17, 15) is 9.90 Å². The van der Waals surface area contributed by atoms with E-state index in [4.69, 9.17) is 9.47 Å². The number of ether oxygens (including phenoxy) is 2. The number of thioether (sulfide) groups is 1. The van der Waals surface area contributed by atoms with E-state index < -0.39 is 18.2 Å². The first-order valence-corrected chi connectivity index (χ1v) is 13.1. The summed E-state index contributed by atoms with van der Waals surface area (Å²) in [4.78, 5) is 14.3. The van der Waals surface area contributed by atoms with Crippen LogP contribution in [0.2, 0.25) is 0 Å². The predicted octanol–water partition coefficient (Wildman–Crippen LogP) is 4.07. The van der Waals surface area contributed by atoms with Crippen LogP contribution in [0.5, 0.6) is 5.75 Å². The van der Waals surface area contributed by atoms with Gasteiger partial charge in [-0.3, -0.25) is 4.79 Å². The molecule has 0 aliphatic carbocycles. The predicted molar refractivity (Wildman–Crippen MR) is 145 cm³/mol. The topological polar surface area (TPSA) is 79.8 Å². The molecule has 0 fully saturated rings. The summed E-state index contributed by atoms with van der Waals surface area (Å²) in [6.07, 6.45) is -0.277. The Hall–Kier alpha value is -2.84. The first kappa shape index (κ1) is 27.7. The molecular formula is C29H36N2O4S. The summed E-state index contributed by atoms with van der Waals surface area (Å²) in [5.41, 5.74) is 2.10. The molecule has 36 heavy (non-hydrogen) atoms. The van der Waals surface area contributed by atoms with Crippen molar-refractivity contribution < 1.29 is 19.4 Å². The Morgan fingerprint density at radius 1 is 0.944 bits per heavy atom. The zero-order chi connectivity index (χ0) is 25.6. The maximum atomic E-state index is 13.1. The van der Waals surface area contributed by atoms with E-state index in [0.717, 1.165) is 27.5 Å². The maximum absolute atomic E-state index is 13.1. The molecule has 3 aromatic rings. The summed E-state index contributed by atoms with van der Waals surface area (Å²) in [5, 5.41) is 17.4. The van der Waals surface area contributed by atoms with Crippen LogP contribution in [0.15, 0.2) is 89.8 Å². The number of rotatable bonds is 15. The second-order valence-electron chi connectivity index (χ2n) is 8.53. The van der Waals surface area contributed by atoms with E-state index in [1.165, 1.54) is 0 Å². The molecule has 0 radical (unpaired) electrons. The lowest BCUT2D eigenvalue weighted by Gasteiger charge is -2.27. The number of hydrogen-bond acceptors (Lipinski definition) is 6. The van der Waals surface area contributed by atoms with E-state index in [1.54, 1.807) is 26.0 Å². The molecule has 192 valence electrons. The Morgan fingerprint density at radius 3 is 2.33 bits per heavy atom. The van der Waals surface area contributed by atoms with Crippen LogP contribution in [-0.4, -0.2) is 55.8 Å². The van der Waals surface area contributed by atoms with Crippen LogP contribution >= 0.6 is 11.8 Å². The highest BCUT2D eigenvalue weighted by molar-refractivity contribution is 7.99. The molecule has 1 amide bonds. The van der Waals surface area contributed by atoms with E-state index in [0.29, 0.717) is 25.9 Å². The van der Waals surface area contributed by atoms with Gasteiger partial charge < -0.3 is 25.2 Å². The van der Waals surface area contributed by atoms with Gasteiger partial charge in [-0.1, -0.05) is 60.7 Å². The lowest BCUT2D eigenvalue weighted by Crippen LogP contribution is -2.51. The second kappa shape index (κ2) is 15.3. The largest absolute Gasteiger partial charge is 0.497 e. The molecule has 3 N–H and O–H groups in total. The lowest BCUT2D eigenvalue weighted by atomic mass is 10.0. The Kier molecular flexibility index (Phi) is 11.8. The maximum Gasteiger partial charge on any atom is 0.249 e. The number of nitrogens with one attached hydrogen (secondary N) is 2. The van der Waals surface area contributed by atoms with Gasteiger partial charge in [0, 0.05) is 30.8 Å². The average molecular weight is 509 g/mol. The van der Waals surface area contributed by atoms with Gasteiger partial charge in [-0.2, -0.15) is 0 Å². The zero-order valence-corrected chi connectivity index (χ0v) is 21.7. The number of aliphatic hydroxyl groups is 1. The van der Waals surface area contributed by atoms with Crippen molar-refractivity contribution in [1.29, 1.82) is 0 Å². The molecule has 0 aliphatic rings. The monoisotopic (exact) mass is 508 g/mol. The van der Waals surface area contributed by atoms with E-state index >= 15 is 0 Å². The first-order chi connectivity index (χ1) is 17.6. The van der Waals surface area contributed by atoms with Gasteiger partial charge in [-0.15, -0.1) is 11.8 Å². The molecular weight excluding hydrogens is 472 g/mol. The lowest BCUT2D eigenvalue weighted by molar-refractivity contribution is -0.132. The number of hydrogen-bond donors (Lipinski definition) is 3. The van der Waals surface area contributed by atoms with Crippen molar-refractivity contribution in [3.05, 3.63) is 96.1 Å². The molecule has 0 saturated carbocycles. The van der Waals surface area contributed by atoms with Crippen molar-refractivity contribution in [3.63, 3.8) is 0 Å². The van der Waals surface area contributed by atoms with Gasteiger partial charge in [-0.05, 0) is 48.2 Å². The highest BCUT2D eigenvalue weighted by atomic mass is 32.2. The molecule has 0 saturated heterocycles. The van der Waals surface area contributed by atoms with Crippen molar-refractivity contribution in [2.75, 3.05) is 26.5 Å². The van der Waals surface area contributed by atoms with E-state index in [2.05, 4.69) is 22.8 Å². The molecule has 0 heterocycles. The smallest absolute Gasteiger partial charge is 0.249 e. The molecule has 0 bridgehead atoms. The van der Waals surface area contributed by atoms with Gasteiger partial charge in [0.15, 0.2) is 0 Å². The third-order valence-corrected chi connectivity index (χ3v) is 6.92. The van der Waals surface area contributed by atoms with Gasteiger partial charge in [0.2, 0.25) is 5.91 Å². The van der Waals surface area contributed by atoms with Crippen LogP contribution in [0.25, 0.3) is 0 Å². The van der Waals surface area contributed by atoms with Crippen LogP contribution in [-0.2, 0) is 22.5 Å². The summed E-state index contributed by atoms with van der Waals surface area (Å²) in [5.74, 6) is 1.34. The summed E-state index contributed by atoms with van der Waals surface area (Å²) in [6, 6.07) is 27.3. The van der Waals surface area contributed by atoms with Crippen molar-refractivity contribution in [2.24, 2.45) is 0 Å². The minimum atomic E-state index is -0.782. The summed E-state index contributed by atoms with van der Waals surface area (Å²) >= 11 is 1.69. The van der Waals surface area contributed by atoms with Crippen LogP contribution in [0, 0.1) is 0 Å². The first-order valence-electron chi connectivity index (χ1n) is 12.2. The SMILES string of the molecule is COc1cccc(CNC[C@H](O)[C@H](Cc2ccccc2)NC(=O)C(CCSc2ccccc2)OC)c1. The van der Waals surface area contributed by atoms with Crippen molar-refractivity contribution in [3.8, 4) is 5.75 Å². The number of amides is 1. The van der Waals surface area contributed by atoms with Crippen molar-refractivity contribution in [1.82, 2.24) is 10.6 Å². The molecule has 0 spiro atoms. The number of carbonyl (C=O) groups excluding carboxylic acids is 1. The third-order valence-electron chi connectivity index (χ3n) is 5.88. The average Bonchev–Trinajstić information content (AvgIpc) is 2.92. The van der Waals surface area contributed by atoms with Gasteiger partial charge in [0.25, 0.3) is 0 Å². The fraction of sp³-hybridized carbons (Fsp3) is 0.345. The molecule has 0 aliphatic heterocycles. The molecule has 7 heteroatoms. The van der Waals surface area contributed by atoms with Crippen molar-refractivity contribution >= 4 is 17.7 Å². The van der Waals surface area contributed by atoms with Gasteiger partial charge >= 0.3 is 0 Å². The molecule has 3 aromatic carbocycles. The highest BCUT2D eigenvalue weighted by Gasteiger charge is 2.26. The fourth-order valence-electron chi connectivity index (χ4n) is 3.87. The van der Waals surface area contributed by atoms with Crippen LogP contribution < -0.4 is 15.4 Å². The van der Waals surface area contributed by atoms with Crippen molar-refractivity contribution in [2.45, 2.75) is 42.5 Å². The molecule has 3 rings (SSSR count). The normalized spacial score (nSPS) is 13.5. The second-order valence-corrected chi connectivity index (χ2v) is 9.70. The zero-order valence-electron chi connectivity index (χ0n) is 20.9. The summed E-state index contributed by atoms with van der Waals surface area (Å²) in [7, 11) is 3.19. The fourth-order valence-corrected chi connectivity index (χ4v) is 4.79. The Labute approximate surface area is 218 Å². The minimum absolute atomic E-state index is 0.209.